The topological polar surface area (TPSA) is 78.5 Å². The molecule has 20 heavy (non-hydrogen) atoms. The summed E-state index contributed by atoms with van der Waals surface area (Å²) in [6.07, 6.45) is 1.44. The van der Waals surface area contributed by atoms with E-state index in [4.69, 9.17) is 0 Å². The zero-order valence-electron chi connectivity index (χ0n) is 11.2. The molecule has 0 spiro atoms. The Labute approximate surface area is 127 Å². The number of nitrogens with one attached hydrogen (secondary N) is 2. The van der Waals surface area contributed by atoms with E-state index in [0.29, 0.717) is 4.47 Å². The quantitative estimate of drug-likeness (QED) is 0.587. The third-order valence-corrected chi connectivity index (χ3v) is 4.35. The van der Waals surface area contributed by atoms with Crippen molar-refractivity contribution in [2.24, 2.45) is 0 Å². The molecule has 0 radical (unpaired) electrons. The smallest absolute Gasteiger partial charge is 0.266 e. The lowest BCUT2D eigenvalue weighted by Crippen LogP contribution is -2.36. The summed E-state index contributed by atoms with van der Waals surface area (Å²) in [4.78, 5) is 12.0. The highest BCUT2D eigenvalue weighted by Crippen LogP contribution is 2.21. The number of hydrazine groups is 1. The van der Waals surface area contributed by atoms with Crippen molar-refractivity contribution in [3.63, 3.8) is 0 Å². The third kappa shape index (κ3) is 4.41. The average molecular weight is 362 g/mol. The highest BCUT2D eigenvalue weighted by Gasteiger charge is 2.18. The van der Waals surface area contributed by atoms with Crippen LogP contribution in [-0.2, 0) is 10.0 Å². The molecule has 1 rings (SSSR count). The molecule has 0 aliphatic rings. The first-order valence-electron chi connectivity index (χ1n) is 5.66. The van der Waals surface area contributed by atoms with Gasteiger partial charge in [-0.2, -0.15) is 0 Å². The molecule has 0 aromatic heterocycles. The van der Waals surface area contributed by atoms with Gasteiger partial charge in [0.05, 0.1) is 10.5 Å². The fourth-order valence-electron chi connectivity index (χ4n) is 1.36. The minimum atomic E-state index is -3.66. The zero-order valence-corrected chi connectivity index (χ0v) is 13.6. The second-order valence-electron chi connectivity index (χ2n) is 4.12. The summed E-state index contributed by atoms with van der Waals surface area (Å²) < 4.78 is 26.8. The summed E-state index contributed by atoms with van der Waals surface area (Å²) in [7, 11) is -0.330. The molecule has 2 N–H and O–H groups in total. The molecule has 0 heterocycles. The highest BCUT2D eigenvalue weighted by molar-refractivity contribution is 9.10. The van der Waals surface area contributed by atoms with Crippen LogP contribution < -0.4 is 10.1 Å². The predicted molar refractivity (Wildman–Crippen MR) is 80.7 cm³/mol. The summed E-state index contributed by atoms with van der Waals surface area (Å²) in [5.74, 6) is -0.400. The summed E-state index contributed by atoms with van der Waals surface area (Å²) in [5, 5.41) is 1.48. The number of amides is 1. The number of hydrogen-bond donors (Lipinski definition) is 2. The molecule has 110 valence electrons. The van der Waals surface area contributed by atoms with E-state index in [1.54, 1.807) is 14.1 Å². The van der Waals surface area contributed by atoms with Crippen LogP contribution in [0.2, 0.25) is 0 Å². The Morgan fingerprint density at radius 1 is 1.45 bits per heavy atom. The Kier molecular flexibility index (Phi) is 5.88. The summed E-state index contributed by atoms with van der Waals surface area (Å²) in [6.45, 7) is 3.57. The van der Waals surface area contributed by atoms with E-state index in [0.717, 1.165) is 0 Å². The van der Waals surface area contributed by atoms with E-state index < -0.39 is 15.9 Å². The van der Waals surface area contributed by atoms with E-state index in [1.165, 1.54) is 29.3 Å². The van der Waals surface area contributed by atoms with Crippen LogP contribution in [0.1, 0.15) is 10.4 Å². The summed E-state index contributed by atoms with van der Waals surface area (Å²) in [6, 6.07) is 4.25. The SMILES string of the molecule is C=CCNS(=O)(=O)c1ccc(Br)c(C(=O)NN(C)C)c1. The number of halogens is 1. The van der Waals surface area contributed by atoms with E-state index in [2.05, 4.69) is 32.7 Å². The molecule has 0 bridgehead atoms. The summed E-state index contributed by atoms with van der Waals surface area (Å²) in [5.41, 5.74) is 2.79. The maximum Gasteiger partial charge on any atom is 0.266 e. The van der Waals surface area contributed by atoms with Crippen LogP contribution in [0.15, 0.2) is 40.2 Å². The monoisotopic (exact) mass is 361 g/mol. The Morgan fingerprint density at radius 2 is 2.10 bits per heavy atom. The van der Waals surface area contributed by atoms with Crippen LogP contribution in [0.4, 0.5) is 0 Å². The second kappa shape index (κ2) is 6.98. The lowest BCUT2D eigenvalue weighted by Gasteiger charge is -2.13. The largest absolute Gasteiger partial charge is 0.285 e. The molecule has 6 nitrogen and oxygen atoms in total. The number of rotatable bonds is 6. The van der Waals surface area contributed by atoms with Gasteiger partial charge in [-0.1, -0.05) is 6.08 Å². The van der Waals surface area contributed by atoms with E-state index in [-0.39, 0.29) is 17.0 Å². The van der Waals surface area contributed by atoms with Crippen LogP contribution in [0, 0.1) is 0 Å². The molecule has 0 fully saturated rings. The lowest BCUT2D eigenvalue weighted by atomic mass is 10.2. The number of hydrogen-bond acceptors (Lipinski definition) is 4. The fraction of sp³-hybridized carbons (Fsp3) is 0.250. The Balaban J connectivity index is 3.14. The maximum atomic E-state index is 12.0. The van der Waals surface area contributed by atoms with Crippen LogP contribution in [0.5, 0.6) is 0 Å². The number of carbonyl (C=O) groups excluding carboxylic acids is 1. The molecule has 8 heteroatoms. The van der Waals surface area contributed by atoms with Gasteiger partial charge in [0.2, 0.25) is 10.0 Å². The Bertz CT molecular complexity index is 614. The van der Waals surface area contributed by atoms with Crippen LogP contribution in [0.25, 0.3) is 0 Å². The molecular formula is C12H16BrN3O3S. The van der Waals surface area contributed by atoms with Crippen molar-refractivity contribution in [3.05, 3.63) is 40.9 Å². The number of sulfonamides is 1. The Hall–Kier alpha value is -1.22. The molecule has 0 aliphatic heterocycles. The van der Waals surface area contributed by atoms with Gasteiger partial charge in [-0.05, 0) is 34.1 Å². The van der Waals surface area contributed by atoms with Crippen LogP contribution in [-0.4, -0.2) is 40.0 Å². The van der Waals surface area contributed by atoms with Gasteiger partial charge < -0.3 is 0 Å². The standard InChI is InChI=1S/C12H16BrN3O3S/c1-4-7-14-20(18,19)9-5-6-11(13)10(8-9)12(17)15-16(2)3/h4-6,8,14H,1,7H2,2-3H3,(H,15,17). The first-order valence-corrected chi connectivity index (χ1v) is 7.94. The first-order chi connectivity index (χ1) is 9.27. The van der Waals surface area contributed by atoms with Gasteiger partial charge in [0.15, 0.2) is 0 Å². The van der Waals surface area contributed by atoms with E-state index in [1.807, 2.05) is 0 Å². The number of carbonyl (C=O) groups is 1. The van der Waals surface area contributed by atoms with Gasteiger partial charge in [-0.25, -0.2) is 18.1 Å². The first kappa shape index (κ1) is 16.8. The maximum absolute atomic E-state index is 12.0. The Morgan fingerprint density at radius 3 is 2.65 bits per heavy atom. The van der Waals surface area contributed by atoms with Gasteiger partial charge >= 0.3 is 0 Å². The molecule has 0 saturated carbocycles. The van der Waals surface area contributed by atoms with Crippen molar-refractivity contribution in [3.8, 4) is 0 Å². The minimum Gasteiger partial charge on any atom is -0.285 e. The highest BCUT2D eigenvalue weighted by atomic mass is 79.9. The minimum absolute atomic E-state index is 0.0199. The molecule has 0 saturated heterocycles. The van der Waals surface area contributed by atoms with Crippen molar-refractivity contribution in [2.45, 2.75) is 4.90 Å². The second-order valence-corrected chi connectivity index (χ2v) is 6.74. The zero-order chi connectivity index (χ0) is 15.3. The van der Waals surface area contributed by atoms with Gasteiger partial charge in [0, 0.05) is 25.1 Å². The fourth-order valence-corrected chi connectivity index (χ4v) is 2.81. The van der Waals surface area contributed by atoms with Gasteiger partial charge in [0.25, 0.3) is 5.91 Å². The summed E-state index contributed by atoms with van der Waals surface area (Å²) >= 11 is 3.23. The normalized spacial score (nSPS) is 11.4. The van der Waals surface area contributed by atoms with Crippen LogP contribution >= 0.6 is 15.9 Å². The van der Waals surface area contributed by atoms with E-state index in [9.17, 15) is 13.2 Å². The van der Waals surface area contributed by atoms with Crippen molar-refractivity contribution < 1.29 is 13.2 Å². The molecule has 0 unspecified atom stereocenters. The van der Waals surface area contributed by atoms with Crippen molar-refractivity contribution in [1.29, 1.82) is 0 Å². The van der Waals surface area contributed by atoms with Gasteiger partial charge in [0.1, 0.15) is 0 Å². The lowest BCUT2D eigenvalue weighted by molar-refractivity contribution is 0.0856. The molecular weight excluding hydrogens is 346 g/mol. The van der Waals surface area contributed by atoms with Gasteiger partial charge in [-0.15, -0.1) is 6.58 Å². The molecule has 1 aromatic carbocycles. The van der Waals surface area contributed by atoms with Crippen LogP contribution in [0.3, 0.4) is 0 Å². The number of nitrogens with zero attached hydrogens (tertiary/aromatic N) is 1. The van der Waals surface area contributed by atoms with Crippen molar-refractivity contribution in [1.82, 2.24) is 15.2 Å². The third-order valence-electron chi connectivity index (χ3n) is 2.24. The molecule has 0 atom stereocenters. The molecule has 0 aliphatic carbocycles. The molecule has 1 amide bonds. The molecule has 1 aromatic rings. The van der Waals surface area contributed by atoms with Crippen molar-refractivity contribution >= 4 is 31.9 Å². The number of benzene rings is 1. The van der Waals surface area contributed by atoms with Gasteiger partial charge in [-0.3, -0.25) is 10.2 Å². The van der Waals surface area contributed by atoms with E-state index >= 15 is 0 Å². The average Bonchev–Trinajstić information content (AvgIpc) is 2.35. The van der Waals surface area contributed by atoms with Crippen molar-refractivity contribution in [2.75, 3.05) is 20.6 Å². The predicted octanol–water partition coefficient (Wildman–Crippen LogP) is 1.12.